The summed E-state index contributed by atoms with van der Waals surface area (Å²) in [4.78, 5) is 8.00. The van der Waals surface area contributed by atoms with Gasteiger partial charge in [-0.15, -0.1) is 0 Å². The summed E-state index contributed by atoms with van der Waals surface area (Å²) < 4.78 is 0. The average Bonchev–Trinajstić information content (AvgIpc) is 2.38. The van der Waals surface area contributed by atoms with Crippen LogP contribution >= 0.6 is 0 Å². The molecule has 0 atom stereocenters. The second-order valence-corrected chi connectivity index (χ2v) is 4.18. The van der Waals surface area contributed by atoms with Gasteiger partial charge in [-0.1, -0.05) is 51.2 Å². The predicted octanol–water partition coefficient (Wildman–Crippen LogP) is 4.11. The smallest absolute Gasteiger partial charge is 0.115 e. The van der Waals surface area contributed by atoms with E-state index in [1.807, 2.05) is 18.9 Å². The van der Waals surface area contributed by atoms with Gasteiger partial charge in [0.1, 0.15) is 12.5 Å². The number of aryl methyl sites for hydroxylation is 1. The molecule has 2 heteroatoms. The van der Waals surface area contributed by atoms with Gasteiger partial charge in [0.2, 0.25) is 0 Å². The highest BCUT2D eigenvalue weighted by Gasteiger charge is 1.94. The molecule has 1 aromatic rings. The first-order valence-electron chi connectivity index (χ1n) is 6.39. The number of carbonyl (C=O) groups excluding carboxylic acids is 1. The predicted molar refractivity (Wildman–Crippen MR) is 72.3 cm³/mol. The first-order chi connectivity index (χ1) is 8.33. The number of unbranched alkanes of at least 4 members (excludes halogenated alkanes) is 5. The maximum Gasteiger partial charge on any atom is 0.115 e. The molecule has 0 fully saturated rings. The Balaban J connectivity index is 0.00000121. The van der Waals surface area contributed by atoms with Crippen LogP contribution in [0.1, 0.15) is 51.0 Å². The molecule has 0 heterocycles. The van der Waals surface area contributed by atoms with Gasteiger partial charge < -0.3 is 9.90 Å². The number of hydrogen-bond acceptors (Lipinski definition) is 2. The number of aromatic hydroxyl groups is 1. The van der Waals surface area contributed by atoms with E-state index < -0.39 is 0 Å². The maximum absolute atomic E-state index is 9.13. The molecular formula is C15H24O2. The summed E-state index contributed by atoms with van der Waals surface area (Å²) in [6.45, 7) is 4.25. The number of phenolic OH excluding ortho intramolecular Hbond substituents is 1. The van der Waals surface area contributed by atoms with E-state index in [2.05, 4.69) is 6.92 Å². The number of hydrogen-bond donors (Lipinski definition) is 1. The van der Waals surface area contributed by atoms with E-state index in [1.165, 1.54) is 44.1 Å². The van der Waals surface area contributed by atoms with Crippen LogP contribution in [0.4, 0.5) is 0 Å². The van der Waals surface area contributed by atoms with Crippen LogP contribution in [0, 0.1) is 0 Å². The molecular weight excluding hydrogens is 212 g/mol. The highest BCUT2D eigenvalue weighted by Crippen LogP contribution is 2.13. The third-order valence-electron chi connectivity index (χ3n) is 2.76. The Hall–Kier alpha value is -1.31. The first-order valence-corrected chi connectivity index (χ1v) is 6.39. The van der Waals surface area contributed by atoms with E-state index in [0.717, 1.165) is 6.42 Å². The SMILES string of the molecule is C=O.CCCCCCCCc1ccc(O)cc1. The molecule has 0 spiro atoms. The number of benzene rings is 1. The second-order valence-electron chi connectivity index (χ2n) is 4.18. The summed E-state index contributed by atoms with van der Waals surface area (Å²) in [6.07, 6.45) is 9.19. The summed E-state index contributed by atoms with van der Waals surface area (Å²) in [7, 11) is 0. The van der Waals surface area contributed by atoms with Crippen molar-refractivity contribution in [2.45, 2.75) is 51.9 Å². The van der Waals surface area contributed by atoms with Crippen molar-refractivity contribution < 1.29 is 9.90 Å². The van der Waals surface area contributed by atoms with Gasteiger partial charge in [-0.2, -0.15) is 0 Å². The van der Waals surface area contributed by atoms with Crippen LogP contribution in [-0.4, -0.2) is 11.9 Å². The van der Waals surface area contributed by atoms with Gasteiger partial charge in [-0.25, -0.2) is 0 Å². The molecule has 0 radical (unpaired) electrons. The van der Waals surface area contributed by atoms with Crippen LogP contribution in [-0.2, 0) is 11.2 Å². The zero-order valence-electron chi connectivity index (χ0n) is 10.8. The molecule has 0 unspecified atom stereocenters. The highest BCUT2D eigenvalue weighted by atomic mass is 16.3. The lowest BCUT2D eigenvalue weighted by Crippen LogP contribution is -1.85. The largest absolute Gasteiger partial charge is 0.508 e. The molecule has 0 aliphatic rings. The van der Waals surface area contributed by atoms with Crippen LogP contribution in [0.25, 0.3) is 0 Å². The third kappa shape index (κ3) is 8.49. The third-order valence-corrected chi connectivity index (χ3v) is 2.76. The summed E-state index contributed by atoms with van der Waals surface area (Å²) in [5, 5.41) is 9.13. The molecule has 2 nitrogen and oxygen atoms in total. The summed E-state index contributed by atoms with van der Waals surface area (Å²) in [5.74, 6) is 0.363. The van der Waals surface area contributed by atoms with Gasteiger partial charge in [-0.05, 0) is 30.5 Å². The van der Waals surface area contributed by atoms with Crippen molar-refractivity contribution in [3.8, 4) is 5.75 Å². The quantitative estimate of drug-likeness (QED) is 0.723. The van der Waals surface area contributed by atoms with Crippen LogP contribution in [0.2, 0.25) is 0 Å². The van der Waals surface area contributed by atoms with Crippen molar-refractivity contribution in [2.75, 3.05) is 0 Å². The fourth-order valence-electron chi connectivity index (χ4n) is 1.77. The van der Waals surface area contributed by atoms with Crippen molar-refractivity contribution in [3.05, 3.63) is 29.8 Å². The summed E-state index contributed by atoms with van der Waals surface area (Å²) >= 11 is 0. The average molecular weight is 236 g/mol. The van der Waals surface area contributed by atoms with Gasteiger partial charge in [0.25, 0.3) is 0 Å². The van der Waals surface area contributed by atoms with E-state index in [4.69, 9.17) is 9.90 Å². The van der Waals surface area contributed by atoms with Crippen LogP contribution in [0.5, 0.6) is 5.75 Å². The minimum Gasteiger partial charge on any atom is -0.508 e. The lowest BCUT2D eigenvalue weighted by Gasteiger charge is -2.02. The standard InChI is InChI=1S/C14H22O.CH2O/c1-2-3-4-5-6-7-8-13-9-11-14(15)12-10-13;1-2/h9-12,15H,2-8H2,1H3;1H2. The van der Waals surface area contributed by atoms with E-state index in [0.29, 0.717) is 5.75 Å². The Morgan fingerprint density at radius 2 is 1.47 bits per heavy atom. The molecule has 0 saturated heterocycles. The lowest BCUT2D eigenvalue weighted by molar-refractivity contribution is -0.0979. The van der Waals surface area contributed by atoms with Gasteiger partial charge in [0.05, 0.1) is 0 Å². The van der Waals surface area contributed by atoms with Gasteiger partial charge in [0, 0.05) is 0 Å². The minimum absolute atomic E-state index is 0.363. The van der Waals surface area contributed by atoms with E-state index in [1.54, 1.807) is 12.1 Å². The van der Waals surface area contributed by atoms with Crippen molar-refractivity contribution >= 4 is 6.79 Å². The Labute approximate surface area is 105 Å². The van der Waals surface area contributed by atoms with Crippen LogP contribution in [0.15, 0.2) is 24.3 Å². The molecule has 0 amide bonds. The fraction of sp³-hybridized carbons (Fsp3) is 0.533. The minimum atomic E-state index is 0.363. The molecule has 1 aromatic carbocycles. The Kier molecular flexibility index (Phi) is 10.3. The maximum atomic E-state index is 9.13. The molecule has 0 saturated carbocycles. The van der Waals surface area contributed by atoms with Gasteiger partial charge in [0.15, 0.2) is 0 Å². The topological polar surface area (TPSA) is 37.3 Å². The van der Waals surface area contributed by atoms with E-state index >= 15 is 0 Å². The summed E-state index contributed by atoms with van der Waals surface area (Å²) in [6, 6.07) is 7.57. The molecule has 17 heavy (non-hydrogen) atoms. The van der Waals surface area contributed by atoms with Crippen LogP contribution in [0.3, 0.4) is 0 Å². The number of phenols is 1. The molecule has 0 aliphatic carbocycles. The highest BCUT2D eigenvalue weighted by molar-refractivity contribution is 5.25. The molecule has 0 aliphatic heterocycles. The van der Waals surface area contributed by atoms with Crippen molar-refractivity contribution in [2.24, 2.45) is 0 Å². The van der Waals surface area contributed by atoms with Crippen LogP contribution < -0.4 is 0 Å². The van der Waals surface area contributed by atoms with Gasteiger partial charge in [-0.3, -0.25) is 0 Å². The number of rotatable bonds is 7. The molecule has 96 valence electrons. The fourth-order valence-corrected chi connectivity index (χ4v) is 1.77. The Bertz CT molecular complexity index is 267. The van der Waals surface area contributed by atoms with Crippen molar-refractivity contribution in [1.29, 1.82) is 0 Å². The Morgan fingerprint density at radius 3 is 2.06 bits per heavy atom. The molecule has 1 rings (SSSR count). The molecule has 1 N–H and O–H groups in total. The number of carbonyl (C=O) groups is 1. The zero-order chi connectivity index (χ0) is 12.9. The van der Waals surface area contributed by atoms with Gasteiger partial charge >= 0.3 is 0 Å². The van der Waals surface area contributed by atoms with E-state index in [9.17, 15) is 0 Å². The normalized spacial score (nSPS) is 9.47. The Morgan fingerprint density at radius 1 is 0.941 bits per heavy atom. The lowest BCUT2D eigenvalue weighted by atomic mass is 10.1. The molecule has 0 bridgehead atoms. The second kappa shape index (κ2) is 11.2. The zero-order valence-corrected chi connectivity index (χ0v) is 10.8. The molecule has 0 aromatic heterocycles. The summed E-state index contributed by atoms with van der Waals surface area (Å²) in [5.41, 5.74) is 1.34. The van der Waals surface area contributed by atoms with Crippen molar-refractivity contribution in [1.82, 2.24) is 0 Å². The first kappa shape index (κ1) is 15.7. The van der Waals surface area contributed by atoms with Crippen molar-refractivity contribution in [3.63, 3.8) is 0 Å². The monoisotopic (exact) mass is 236 g/mol. The van der Waals surface area contributed by atoms with E-state index in [-0.39, 0.29) is 0 Å².